The van der Waals surface area contributed by atoms with E-state index in [-0.39, 0.29) is 29.2 Å². The minimum Gasteiger partial charge on any atom is -0.508 e. The van der Waals surface area contributed by atoms with Crippen LogP contribution in [0, 0.1) is 12.7 Å². The average molecular weight is 745 g/mol. The van der Waals surface area contributed by atoms with Gasteiger partial charge in [-0.1, -0.05) is 30.3 Å². The molecular weight excluding hydrogens is 700 g/mol. The van der Waals surface area contributed by atoms with E-state index in [1.807, 2.05) is 17.0 Å². The van der Waals surface area contributed by atoms with E-state index < -0.39 is 18.5 Å². The third-order valence-corrected chi connectivity index (χ3v) is 11.3. The normalized spacial score (nSPS) is 19.2. The highest BCUT2D eigenvalue weighted by Gasteiger charge is 2.36. The zero-order valence-corrected chi connectivity index (χ0v) is 30.6. The van der Waals surface area contributed by atoms with Crippen LogP contribution in [-0.2, 0) is 30.7 Å². The quantitative estimate of drug-likeness (QED) is 0.188. The highest BCUT2D eigenvalue weighted by molar-refractivity contribution is 6.13. The van der Waals surface area contributed by atoms with Gasteiger partial charge in [-0.2, -0.15) is 0 Å². The maximum Gasteiger partial charge on any atom is 0.264 e. The second kappa shape index (κ2) is 14.5. The lowest BCUT2D eigenvalue weighted by molar-refractivity contribution is 0.0193. The van der Waals surface area contributed by atoms with E-state index in [1.54, 1.807) is 49.4 Å². The standard InChI is InChI=1S/C44H43FN4O6/c1-28-9-10-32(21-38(28)45)49(31-11-13-34(50)14-12-31)44(52)37-22-40(47-15-5-4-8-39(37)47)35-23-41-42(55-27-54-41)24-36(35)43(51)48-25-30-7-3-2-6-29(30)20-33(48)26-46-16-18-53-19-17-46/h2-3,6-7,9-14,21-24,33,50H,4-5,8,15-20,25-27H2,1H3/t33-/m0/s1/i27D2. The van der Waals surface area contributed by atoms with Gasteiger partial charge in [0.15, 0.2) is 11.5 Å². The zero-order valence-electron chi connectivity index (χ0n) is 32.6. The molecule has 0 aliphatic carbocycles. The lowest BCUT2D eigenvalue weighted by atomic mass is 9.92. The molecule has 0 saturated carbocycles. The van der Waals surface area contributed by atoms with E-state index in [2.05, 4.69) is 21.6 Å². The number of aromatic nitrogens is 1. The van der Waals surface area contributed by atoms with Crippen molar-refractivity contribution in [2.75, 3.05) is 44.5 Å². The first-order valence-corrected chi connectivity index (χ1v) is 18.9. The van der Waals surface area contributed by atoms with Crippen molar-refractivity contribution < 1.29 is 36.0 Å². The molecule has 1 saturated heterocycles. The summed E-state index contributed by atoms with van der Waals surface area (Å²) in [6, 6.07) is 23.9. The van der Waals surface area contributed by atoms with Gasteiger partial charge in [0.2, 0.25) is 6.75 Å². The van der Waals surface area contributed by atoms with Crippen LogP contribution in [0.5, 0.6) is 17.2 Å². The number of hydrogen-bond donors (Lipinski definition) is 1. The Bertz CT molecular complexity index is 2380. The largest absolute Gasteiger partial charge is 0.508 e. The van der Waals surface area contributed by atoms with Gasteiger partial charge in [0, 0.05) is 61.4 Å². The predicted molar refractivity (Wildman–Crippen MR) is 206 cm³/mol. The van der Waals surface area contributed by atoms with Crippen molar-refractivity contribution >= 4 is 23.2 Å². The number of carbonyl (C=O) groups excluding carboxylic acids is 2. The fourth-order valence-corrected chi connectivity index (χ4v) is 8.35. The van der Waals surface area contributed by atoms with E-state index >= 15 is 9.18 Å². The third-order valence-electron chi connectivity index (χ3n) is 11.3. The number of amides is 2. The molecule has 1 aromatic heterocycles. The van der Waals surface area contributed by atoms with Crippen molar-refractivity contribution in [2.24, 2.45) is 0 Å². The van der Waals surface area contributed by atoms with E-state index in [0.717, 1.165) is 37.2 Å². The Hall–Kier alpha value is -5.65. The number of nitrogens with zero attached hydrogens (tertiary/aromatic N) is 4. The summed E-state index contributed by atoms with van der Waals surface area (Å²) in [6.07, 6.45) is 2.95. The van der Waals surface area contributed by atoms with Crippen LogP contribution < -0.4 is 14.4 Å². The smallest absolute Gasteiger partial charge is 0.264 e. The number of rotatable bonds is 7. The van der Waals surface area contributed by atoms with Crippen LogP contribution in [0.2, 0.25) is 0 Å². The molecule has 5 heterocycles. The number of aryl methyl sites for hydroxylation is 1. The molecule has 5 aromatic rings. The van der Waals surface area contributed by atoms with Crippen molar-refractivity contribution in [1.82, 2.24) is 14.4 Å². The van der Waals surface area contributed by atoms with Gasteiger partial charge >= 0.3 is 0 Å². The fraction of sp³-hybridized carbons (Fsp3) is 0.318. The highest BCUT2D eigenvalue weighted by Crippen LogP contribution is 2.43. The van der Waals surface area contributed by atoms with Crippen molar-refractivity contribution in [3.63, 3.8) is 0 Å². The number of fused-ring (bicyclic) bond motifs is 3. The van der Waals surface area contributed by atoms with Gasteiger partial charge < -0.3 is 28.8 Å². The van der Waals surface area contributed by atoms with Gasteiger partial charge in [-0.3, -0.25) is 19.4 Å². The molecule has 11 heteroatoms. The first-order chi connectivity index (χ1) is 27.5. The van der Waals surface area contributed by atoms with Gasteiger partial charge in [0.25, 0.3) is 11.8 Å². The topological polar surface area (TPSA) is 96.7 Å². The maximum absolute atomic E-state index is 15.2. The van der Waals surface area contributed by atoms with Gasteiger partial charge in [-0.15, -0.1) is 0 Å². The van der Waals surface area contributed by atoms with E-state index in [4.69, 9.17) is 17.0 Å². The number of morpholine rings is 1. The number of ether oxygens (including phenoxy) is 3. The number of halogens is 1. The molecule has 282 valence electrons. The second-order valence-corrected chi connectivity index (χ2v) is 14.7. The fourth-order valence-electron chi connectivity index (χ4n) is 8.35. The Morgan fingerprint density at radius 1 is 0.891 bits per heavy atom. The Balaban J connectivity index is 1.17. The summed E-state index contributed by atoms with van der Waals surface area (Å²) in [5.41, 5.74) is 6.05. The first kappa shape index (κ1) is 32.8. The highest BCUT2D eigenvalue weighted by atomic mass is 19.1. The zero-order chi connectivity index (χ0) is 39.4. The van der Waals surface area contributed by atoms with Crippen molar-refractivity contribution in [1.29, 1.82) is 0 Å². The Morgan fingerprint density at radius 2 is 1.64 bits per heavy atom. The van der Waals surface area contributed by atoms with E-state index in [0.29, 0.717) is 85.0 Å². The van der Waals surface area contributed by atoms with Crippen LogP contribution in [0.1, 0.15) is 58.7 Å². The molecule has 0 bridgehead atoms. The van der Waals surface area contributed by atoms with E-state index in [1.165, 1.54) is 28.7 Å². The van der Waals surface area contributed by atoms with Crippen LogP contribution in [0.15, 0.2) is 84.9 Å². The van der Waals surface area contributed by atoms with Crippen molar-refractivity contribution in [3.05, 3.63) is 124 Å². The first-order valence-electron chi connectivity index (χ1n) is 19.9. The van der Waals surface area contributed by atoms with Crippen LogP contribution in [0.3, 0.4) is 0 Å². The number of phenolic OH excluding ortho intramolecular Hbond substituents is 1. The number of phenols is 1. The molecule has 10 nitrogen and oxygen atoms in total. The molecule has 0 spiro atoms. The number of carbonyl (C=O) groups is 2. The summed E-state index contributed by atoms with van der Waals surface area (Å²) >= 11 is 0. The molecule has 4 aliphatic heterocycles. The number of anilines is 2. The minimum absolute atomic E-state index is 0.0264. The summed E-state index contributed by atoms with van der Waals surface area (Å²) in [7, 11) is 0. The number of benzene rings is 4. The van der Waals surface area contributed by atoms with Gasteiger partial charge in [0.1, 0.15) is 14.3 Å². The summed E-state index contributed by atoms with van der Waals surface area (Å²) < 4.78 is 50.5. The monoisotopic (exact) mass is 744 g/mol. The van der Waals surface area contributed by atoms with Crippen LogP contribution in [-0.4, -0.2) is 76.9 Å². The van der Waals surface area contributed by atoms with Crippen molar-refractivity contribution in [2.45, 2.75) is 51.7 Å². The Morgan fingerprint density at radius 3 is 2.42 bits per heavy atom. The molecule has 1 fully saturated rings. The lowest BCUT2D eigenvalue weighted by Gasteiger charge is -2.40. The molecule has 2 amide bonds. The summed E-state index contributed by atoms with van der Waals surface area (Å²) in [5.74, 6) is -0.796. The molecule has 9 rings (SSSR count). The molecule has 1 atom stereocenters. The molecule has 0 radical (unpaired) electrons. The summed E-state index contributed by atoms with van der Waals surface area (Å²) in [5, 5.41) is 10.1. The predicted octanol–water partition coefficient (Wildman–Crippen LogP) is 7.25. The maximum atomic E-state index is 15.2. The molecule has 1 N–H and O–H groups in total. The summed E-state index contributed by atoms with van der Waals surface area (Å²) in [6.45, 7) is 3.67. The molecule has 55 heavy (non-hydrogen) atoms. The minimum atomic E-state index is -2.43. The number of aromatic hydroxyl groups is 1. The number of hydrogen-bond acceptors (Lipinski definition) is 7. The van der Waals surface area contributed by atoms with Gasteiger partial charge in [-0.05, 0) is 104 Å². The van der Waals surface area contributed by atoms with Gasteiger partial charge in [0.05, 0.1) is 30.0 Å². The molecule has 0 unspecified atom stereocenters. The Kier molecular flexibility index (Phi) is 8.66. The van der Waals surface area contributed by atoms with Crippen LogP contribution in [0.4, 0.5) is 15.8 Å². The second-order valence-electron chi connectivity index (χ2n) is 14.7. The van der Waals surface area contributed by atoms with Crippen molar-refractivity contribution in [3.8, 4) is 28.5 Å². The summed E-state index contributed by atoms with van der Waals surface area (Å²) in [4.78, 5) is 35.9. The lowest BCUT2D eigenvalue weighted by Crippen LogP contribution is -2.52. The van der Waals surface area contributed by atoms with Crippen LogP contribution >= 0.6 is 0 Å². The third kappa shape index (κ3) is 6.61. The SMILES string of the molecule is [2H]C1([2H])Oc2cc(C(=O)N3Cc4ccccc4C[C@H]3CN3CCOCC3)c(-c3cc(C(=O)N(c4ccc(O)cc4)c4ccc(C)c(F)c4)c4n3CCCC4)cc2O1. The molecule has 4 aliphatic rings. The average Bonchev–Trinajstić information content (AvgIpc) is 3.75. The Labute approximate surface area is 322 Å². The van der Waals surface area contributed by atoms with Gasteiger partial charge in [-0.25, -0.2) is 4.39 Å². The molecule has 4 aromatic carbocycles. The molecular formula is C44H43FN4O6. The van der Waals surface area contributed by atoms with Crippen LogP contribution in [0.25, 0.3) is 11.3 Å². The van der Waals surface area contributed by atoms with E-state index in [9.17, 15) is 9.90 Å².